The molecular formula is C12H16F3N5O4S2. The van der Waals surface area contributed by atoms with Gasteiger partial charge < -0.3 is 0 Å². The van der Waals surface area contributed by atoms with E-state index >= 15 is 0 Å². The van der Waals surface area contributed by atoms with E-state index in [9.17, 15) is 30.0 Å². The maximum Gasteiger partial charge on any atom is 0.416 e. The molecule has 146 valence electrons. The van der Waals surface area contributed by atoms with E-state index < -0.39 is 43.4 Å². The molecule has 0 spiro atoms. The summed E-state index contributed by atoms with van der Waals surface area (Å²) in [4.78, 5) is 1.28. The highest BCUT2D eigenvalue weighted by Crippen LogP contribution is 2.31. The molecule has 2 rings (SSSR count). The number of aliphatic imine (C=N–C) groups is 1. The van der Waals surface area contributed by atoms with E-state index in [1.807, 2.05) is 0 Å². The van der Waals surface area contributed by atoms with Crippen LogP contribution in [0.4, 0.5) is 13.2 Å². The monoisotopic (exact) mass is 415 g/mol. The number of hydrazine groups is 1. The normalized spacial score (nSPS) is 21.6. The molecule has 0 saturated carbocycles. The molecule has 9 nitrogen and oxygen atoms in total. The Kier molecular flexibility index (Phi) is 5.11. The summed E-state index contributed by atoms with van der Waals surface area (Å²) in [5.74, 6) is 0. The van der Waals surface area contributed by atoms with Gasteiger partial charge in [0.15, 0.2) is 0 Å². The molecule has 1 atom stereocenters. The highest BCUT2D eigenvalue weighted by Gasteiger charge is 2.49. The zero-order valence-electron chi connectivity index (χ0n) is 13.6. The molecule has 26 heavy (non-hydrogen) atoms. The van der Waals surface area contributed by atoms with Gasteiger partial charge in [-0.1, -0.05) is 18.2 Å². The van der Waals surface area contributed by atoms with Crippen LogP contribution in [0.5, 0.6) is 0 Å². The summed E-state index contributed by atoms with van der Waals surface area (Å²) in [7, 11) is -6.26. The van der Waals surface area contributed by atoms with Crippen LogP contribution >= 0.6 is 0 Å². The summed E-state index contributed by atoms with van der Waals surface area (Å²) < 4.78 is 88.0. The van der Waals surface area contributed by atoms with E-state index in [4.69, 9.17) is 5.14 Å². The molecule has 1 heterocycles. The Hall–Kier alpha value is -1.74. The first-order valence-corrected chi connectivity index (χ1v) is 9.87. The molecule has 3 N–H and O–H groups in total. The van der Waals surface area contributed by atoms with Gasteiger partial charge in [-0.25, -0.2) is 18.5 Å². The first-order chi connectivity index (χ1) is 11.7. The molecule has 0 amide bonds. The fourth-order valence-corrected chi connectivity index (χ4v) is 3.76. The van der Waals surface area contributed by atoms with E-state index in [1.54, 1.807) is 0 Å². The molecule has 14 heteroatoms. The molecule has 1 aromatic rings. The number of nitrogens with two attached hydrogens (primary N) is 1. The summed E-state index contributed by atoms with van der Waals surface area (Å²) in [6.45, 7) is 0. The number of nitrogens with zero attached hydrogens (tertiary/aromatic N) is 3. The molecular weight excluding hydrogens is 399 g/mol. The number of halogens is 3. The van der Waals surface area contributed by atoms with Crippen molar-refractivity contribution in [3.63, 3.8) is 0 Å². The fraction of sp³-hybridized carbons (Fsp3) is 0.417. The van der Waals surface area contributed by atoms with Crippen molar-refractivity contribution in [3.8, 4) is 0 Å². The van der Waals surface area contributed by atoms with Crippen LogP contribution < -0.4 is 10.6 Å². The van der Waals surface area contributed by atoms with Crippen LogP contribution in [0, 0.1) is 0 Å². The molecule has 1 aliphatic rings. The third kappa shape index (κ3) is 3.83. The molecule has 1 unspecified atom stereocenters. The average Bonchev–Trinajstić information content (AvgIpc) is 2.92. The smallest absolute Gasteiger partial charge is 0.232 e. The predicted octanol–water partition coefficient (Wildman–Crippen LogP) is -0.155. The third-order valence-corrected chi connectivity index (χ3v) is 6.42. The quantitative estimate of drug-likeness (QED) is 0.692. The van der Waals surface area contributed by atoms with Gasteiger partial charge in [0.1, 0.15) is 6.34 Å². The van der Waals surface area contributed by atoms with E-state index in [0.29, 0.717) is 10.8 Å². The van der Waals surface area contributed by atoms with Crippen LogP contribution in [0.3, 0.4) is 0 Å². The van der Waals surface area contributed by atoms with Gasteiger partial charge in [0.25, 0.3) is 10.0 Å². The number of rotatable bonds is 5. The van der Waals surface area contributed by atoms with Gasteiger partial charge in [0.05, 0.1) is 5.56 Å². The number of hydrogen-bond donors (Lipinski definition) is 2. The minimum atomic E-state index is -4.63. The van der Waals surface area contributed by atoms with Gasteiger partial charge in [-0.15, -0.1) is 0 Å². The van der Waals surface area contributed by atoms with Gasteiger partial charge in [0.2, 0.25) is 4.99 Å². The second-order valence-electron chi connectivity index (χ2n) is 5.65. The summed E-state index contributed by atoms with van der Waals surface area (Å²) in [6.07, 6.45) is -4.55. The van der Waals surface area contributed by atoms with Crippen molar-refractivity contribution in [2.45, 2.75) is 17.6 Å². The first kappa shape index (κ1) is 20.6. The topological polar surface area (TPSA) is 125 Å². The van der Waals surface area contributed by atoms with Crippen molar-refractivity contribution in [1.82, 2.24) is 14.1 Å². The largest absolute Gasteiger partial charge is 0.416 e. The van der Waals surface area contributed by atoms with Crippen molar-refractivity contribution in [1.29, 1.82) is 0 Å². The minimum absolute atomic E-state index is 0.0531. The summed E-state index contributed by atoms with van der Waals surface area (Å²) in [5.41, 5.74) is 1.12. The van der Waals surface area contributed by atoms with Crippen LogP contribution in [0.2, 0.25) is 0 Å². The molecule has 0 saturated heterocycles. The second kappa shape index (κ2) is 6.45. The van der Waals surface area contributed by atoms with Crippen molar-refractivity contribution in [3.05, 3.63) is 35.4 Å². The summed E-state index contributed by atoms with van der Waals surface area (Å²) in [6, 6.07) is 3.92. The lowest BCUT2D eigenvalue weighted by Gasteiger charge is -2.28. The van der Waals surface area contributed by atoms with Crippen LogP contribution in [0.15, 0.2) is 29.3 Å². The number of alkyl halides is 3. The Morgan fingerprint density at radius 2 is 1.88 bits per heavy atom. The van der Waals surface area contributed by atoms with Crippen molar-refractivity contribution in [2.24, 2.45) is 10.1 Å². The minimum Gasteiger partial charge on any atom is -0.232 e. The maximum absolute atomic E-state index is 12.8. The van der Waals surface area contributed by atoms with E-state index in [1.165, 1.54) is 20.2 Å². The van der Waals surface area contributed by atoms with Gasteiger partial charge >= 0.3 is 16.4 Å². The van der Waals surface area contributed by atoms with E-state index in [2.05, 4.69) is 10.4 Å². The number of primary sulfonamides is 1. The third-order valence-electron chi connectivity index (χ3n) is 3.53. The van der Waals surface area contributed by atoms with Gasteiger partial charge in [0, 0.05) is 20.5 Å². The second-order valence-corrected chi connectivity index (χ2v) is 9.43. The highest BCUT2D eigenvalue weighted by atomic mass is 32.2. The Morgan fingerprint density at radius 3 is 2.38 bits per heavy atom. The van der Waals surface area contributed by atoms with Crippen LogP contribution in [0.1, 0.15) is 11.1 Å². The fourth-order valence-electron chi connectivity index (χ4n) is 2.13. The summed E-state index contributed by atoms with van der Waals surface area (Å²) >= 11 is 0. The Balaban J connectivity index is 2.42. The van der Waals surface area contributed by atoms with Crippen molar-refractivity contribution in [2.75, 3.05) is 14.1 Å². The molecule has 0 radical (unpaired) electrons. The van der Waals surface area contributed by atoms with Gasteiger partial charge in [-0.2, -0.15) is 35.7 Å². The molecule has 0 aliphatic carbocycles. The van der Waals surface area contributed by atoms with Gasteiger partial charge in [-0.05, 0) is 11.6 Å². The highest BCUT2D eigenvalue weighted by molar-refractivity contribution is 7.90. The lowest BCUT2D eigenvalue weighted by molar-refractivity contribution is -0.137. The van der Waals surface area contributed by atoms with Crippen LogP contribution in [0.25, 0.3) is 0 Å². The van der Waals surface area contributed by atoms with Crippen molar-refractivity contribution < 1.29 is 30.0 Å². The Bertz CT molecular complexity index is 930. The standard InChI is InChI=1S/C12H16F3N5O4S2/c1-19(2)26(23,24)20-8-17-11(18-20,25(16,21)22)7-9-4-3-5-10(6-9)12(13,14)15/h3-6,8,18H,7H2,1-2H3,(H2,16,21,22). The summed E-state index contributed by atoms with van der Waals surface area (Å²) in [5, 5.41) is 5.17. The maximum atomic E-state index is 12.8. The first-order valence-electron chi connectivity index (χ1n) is 6.93. The molecule has 0 aromatic heterocycles. The molecule has 0 bridgehead atoms. The average molecular weight is 415 g/mol. The number of benzene rings is 1. The number of nitrogens with one attached hydrogen (secondary N) is 1. The van der Waals surface area contributed by atoms with Crippen LogP contribution in [-0.4, -0.2) is 51.0 Å². The Labute approximate surface area is 148 Å². The Morgan fingerprint density at radius 1 is 1.27 bits per heavy atom. The SMILES string of the molecule is CN(C)S(=O)(=O)N1C=NC(Cc2cccc(C(F)(F)F)c2)(S(N)(=O)=O)N1. The van der Waals surface area contributed by atoms with Crippen LogP contribution in [-0.2, 0) is 32.8 Å². The number of sulfonamides is 1. The van der Waals surface area contributed by atoms with Crippen molar-refractivity contribution >= 4 is 26.6 Å². The van der Waals surface area contributed by atoms with E-state index in [0.717, 1.165) is 22.5 Å². The zero-order valence-corrected chi connectivity index (χ0v) is 15.2. The lowest BCUT2D eigenvalue weighted by Crippen LogP contribution is -2.58. The van der Waals surface area contributed by atoms with E-state index in [-0.39, 0.29) is 5.56 Å². The lowest BCUT2D eigenvalue weighted by atomic mass is 10.1. The zero-order chi connectivity index (χ0) is 20.0. The molecule has 1 aromatic carbocycles. The predicted molar refractivity (Wildman–Crippen MR) is 87.1 cm³/mol. The molecule has 0 fully saturated rings. The number of hydrogen-bond acceptors (Lipinski definition) is 6. The van der Waals surface area contributed by atoms with Gasteiger partial charge in [-0.3, -0.25) is 0 Å². The molecule has 1 aliphatic heterocycles.